The van der Waals surface area contributed by atoms with Crippen LogP contribution in [0.15, 0.2) is 0 Å². The van der Waals surface area contributed by atoms with Gasteiger partial charge in [-0.25, -0.2) is 0 Å². The third-order valence-corrected chi connectivity index (χ3v) is 4.05. The van der Waals surface area contributed by atoms with Gasteiger partial charge in [0.1, 0.15) is 0 Å². The highest BCUT2D eigenvalue weighted by Gasteiger charge is 2.48. The lowest BCUT2D eigenvalue weighted by Gasteiger charge is -2.40. The lowest BCUT2D eigenvalue weighted by Crippen LogP contribution is -2.48. The predicted octanol–water partition coefficient (Wildman–Crippen LogP) is 4.38. The largest absolute Gasteiger partial charge is 0.392 e. The molecular formula is C14H26F3N. The van der Waals surface area contributed by atoms with E-state index in [4.69, 9.17) is 0 Å². The Balaban J connectivity index is 2.78. The molecule has 1 aliphatic carbocycles. The van der Waals surface area contributed by atoms with Gasteiger partial charge in [0, 0.05) is 6.04 Å². The van der Waals surface area contributed by atoms with Crippen molar-refractivity contribution in [3.05, 3.63) is 0 Å². The molecular weight excluding hydrogens is 239 g/mol. The van der Waals surface area contributed by atoms with Gasteiger partial charge in [0.25, 0.3) is 0 Å². The van der Waals surface area contributed by atoms with Crippen molar-refractivity contribution in [2.75, 3.05) is 6.54 Å². The van der Waals surface area contributed by atoms with Crippen LogP contribution in [0.1, 0.15) is 52.9 Å². The summed E-state index contributed by atoms with van der Waals surface area (Å²) in [6.07, 6.45) is -0.388. The molecule has 0 saturated heterocycles. The van der Waals surface area contributed by atoms with E-state index in [0.29, 0.717) is 12.8 Å². The van der Waals surface area contributed by atoms with E-state index < -0.39 is 12.1 Å². The Labute approximate surface area is 109 Å². The van der Waals surface area contributed by atoms with Gasteiger partial charge in [0.15, 0.2) is 0 Å². The highest BCUT2D eigenvalue weighted by atomic mass is 19.4. The van der Waals surface area contributed by atoms with Crippen molar-refractivity contribution >= 4 is 0 Å². The molecule has 1 saturated carbocycles. The molecule has 0 amide bonds. The fraction of sp³-hybridized carbons (Fsp3) is 1.00. The monoisotopic (exact) mass is 265 g/mol. The summed E-state index contributed by atoms with van der Waals surface area (Å²) < 4.78 is 39.3. The van der Waals surface area contributed by atoms with Crippen LogP contribution in [0.2, 0.25) is 0 Å². The quantitative estimate of drug-likeness (QED) is 0.778. The van der Waals surface area contributed by atoms with Gasteiger partial charge in [-0.15, -0.1) is 0 Å². The van der Waals surface area contributed by atoms with E-state index in [1.807, 2.05) is 20.8 Å². The normalized spacial score (nSPS) is 27.5. The Morgan fingerprint density at radius 3 is 2.28 bits per heavy atom. The number of nitrogens with one attached hydrogen (secondary N) is 1. The molecule has 0 heterocycles. The summed E-state index contributed by atoms with van der Waals surface area (Å²) in [6.45, 7) is 6.90. The van der Waals surface area contributed by atoms with E-state index in [-0.39, 0.29) is 17.9 Å². The van der Waals surface area contributed by atoms with E-state index in [1.54, 1.807) is 0 Å². The highest BCUT2D eigenvalue weighted by molar-refractivity contribution is 4.89. The van der Waals surface area contributed by atoms with Gasteiger partial charge in [0.05, 0.1) is 5.92 Å². The maximum Gasteiger partial charge on any atom is 0.392 e. The molecule has 0 bridgehead atoms. The van der Waals surface area contributed by atoms with Gasteiger partial charge < -0.3 is 5.32 Å². The first kappa shape index (κ1) is 15.8. The van der Waals surface area contributed by atoms with Crippen LogP contribution in [0.3, 0.4) is 0 Å². The second-order valence-electron chi connectivity index (χ2n) is 5.82. The molecule has 0 aromatic rings. The zero-order valence-corrected chi connectivity index (χ0v) is 11.7. The molecule has 3 atom stereocenters. The zero-order chi connectivity index (χ0) is 13.8. The van der Waals surface area contributed by atoms with Crippen molar-refractivity contribution < 1.29 is 13.2 Å². The number of alkyl halides is 3. The fourth-order valence-electron chi connectivity index (χ4n) is 3.19. The molecule has 1 aliphatic rings. The molecule has 3 unspecified atom stereocenters. The van der Waals surface area contributed by atoms with E-state index in [0.717, 1.165) is 25.8 Å². The van der Waals surface area contributed by atoms with Crippen molar-refractivity contribution in [1.82, 2.24) is 5.32 Å². The lowest BCUT2D eigenvalue weighted by molar-refractivity contribution is -0.200. The van der Waals surface area contributed by atoms with Crippen LogP contribution >= 0.6 is 0 Å². The second kappa shape index (κ2) is 6.78. The molecule has 1 fully saturated rings. The van der Waals surface area contributed by atoms with Gasteiger partial charge in [-0.3, -0.25) is 0 Å². The minimum atomic E-state index is -4.04. The van der Waals surface area contributed by atoms with Crippen LogP contribution < -0.4 is 5.32 Å². The van der Waals surface area contributed by atoms with Gasteiger partial charge >= 0.3 is 6.18 Å². The van der Waals surface area contributed by atoms with Crippen molar-refractivity contribution in [1.29, 1.82) is 0 Å². The fourth-order valence-corrected chi connectivity index (χ4v) is 3.19. The van der Waals surface area contributed by atoms with Crippen LogP contribution in [0.25, 0.3) is 0 Å². The molecule has 0 aliphatic heterocycles. The Morgan fingerprint density at radius 1 is 1.17 bits per heavy atom. The summed E-state index contributed by atoms with van der Waals surface area (Å²) in [6, 6.07) is -0.00289. The van der Waals surface area contributed by atoms with Crippen molar-refractivity contribution in [3.8, 4) is 0 Å². The first-order chi connectivity index (χ1) is 8.38. The van der Waals surface area contributed by atoms with Crippen molar-refractivity contribution in [2.45, 2.75) is 65.1 Å². The van der Waals surface area contributed by atoms with Crippen LogP contribution in [-0.2, 0) is 0 Å². The molecule has 0 spiro atoms. The Hall–Kier alpha value is -0.250. The predicted molar refractivity (Wildman–Crippen MR) is 68.4 cm³/mol. The van der Waals surface area contributed by atoms with Crippen LogP contribution in [0.4, 0.5) is 13.2 Å². The van der Waals surface area contributed by atoms with Crippen LogP contribution in [0, 0.1) is 17.8 Å². The SMILES string of the molecule is CCCNC(C(C)C)C1CCCCC1C(F)(F)F. The number of hydrogen-bond acceptors (Lipinski definition) is 1. The maximum atomic E-state index is 13.1. The minimum absolute atomic E-state index is 0.00289. The molecule has 0 aromatic heterocycles. The third kappa shape index (κ3) is 4.15. The van der Waals surface area contributed by atoms with E-state index in [2.05, 4.69) is 5.32 Å². The lowest BCUT2D eigenvalue weighted by atomic mass is 9.72. The summed E-state index contributed by atoms with van der Waals surface area (Å²) in [4.78, 5) is 0. The number of halogens is 3. The summed E-state index contributed by atoms with van der Waals surface area (Å²) in [5.41, 5.74) is 0. The number of rotatable bonds is 5. The van der Waals surface area contributed by atoms with Crippen LogP contribution in [-0.4, -0.2) is 18.8 Å². The van der Waals surface area contributed by atoms with Crippen LogP contribution in [0.5, 0.6) is 0 Å². The Bertz CT molecular complexity index is 238. The molecule has 1 rings (SSSR count). The smallest absolute Gasteiger partial charge is 0.313 e. The molecule has 18 heavy (non-hydrogen) atoms. The molecule has 0 aromatic carbocycles. The minimum Gasteiger partial charge on any atom is -0.313 e. The van der Waals surface area contributed by atoms with E-state index in [9.17, 15) is 13.2 Å². The van der Waals surface area contributed by atoms with Crippen molar-refractivity contribution in [3.63, 3.8) is 0 Å². The standard InChI is InChI=1S/C14H26F3N/c1-4-9-18-13(10(2)3)11-7-5-6-8-12(11)14(15,16)17/h10-13,18H,4-9H2,1-3H3. The summed E-state index contributed by atoms with van der Waals surface area (Å²) in [5, 5.41) is 3.34. The van der Waals surface area contributed by atoms with E-state index >= 15 is 0 Å². The first-order valence-electron chi connectivity index (χ1n) is 7.18. The van der Waals surface area contributed by atoms with E-state index in [1.165, 1.54) is 0 Å². The van der Waals surface area contributed by atoms with Gasteiger partial charge in [-0.1, -0.05) is 33.6 Å². The highest BCUT2D eigenvalue weighted by Crippen LogP contribution is 2.43. The summed E-state index contributed by atoms with van der Waals surface area (Å²) >= 11 is 0. The number of hydrogen-bond donors (Lipinski definition) is 1. The average molecular weight is 265 g/mol. The molecule has 108 valence electrons. The van der Waals surface area contributed by atoms with Gasteiger partial charge in [0.2, 0.25) is 0 Å². The van der Waals surface area contributed by atoms with Gasteiger partial charge in [-0.2, -0.15) is 13.2 Å². The topological polar surface area (TPSA) is 12.0 Å². The summed E-state index contributed by atoms with van der Waals surface area (Å²) in [7, 11) is 0. The molecule has 1 N–H and O–H groups in total. The average Bonchev–Trinajstić information content (AvgIpc) is 2.28. The Kier molecular flexibility index (Phi) is 5.96. The Morgan fingerprint density at radius 2 is 1.78 bits per heavy atom. The molecule has 1 nitrogen and oxygen atoms in total. The maximum absolute atomic E-state index is 13.1. The molecule has 0 radical (unpaired) electrons. The zero-order valence-electron chi connectivity index (χ0n) is 11.7. The van der Waals surface area contributed by atoms with Crippen molar-refractivity contribution in [2.24, 2.45) is 17.8 Å². The first-order valence-corrected chi connectivity index (χ1v) is 7.18. The molecule has 4 heteroatoms. The third-order valence-electron chi connectivity index (χ3n) is 4.05. The van der Waals surface area contributed by atoms with Gasteiger partial charge in [-0.05, 0) is 37.6 Å². The second-order valence-corrected chi connectivity index (χ2v) is 5.82. The summed E-state index contributed by atoms with van der Waals surface area (Å²) in [5.74, 6) is -1.10.